The van der Waals surface area contributed by atoms with Gasteiger partial charge in [0.05, 0.1) is 12.1 Å². The molecule has 0 aliphatic rings. The van der Waals surface area contributed by atoms with Crippen LogP contribution in [0.15, 0.2) is 42.2 Å². The summed E-state index contributed by atoms with van der Waals surface area (Å²) in [4.78, 5) is 5.39. The van der Waals surface area contributed by atoms with E-state index in [2.05, 4.69) is 40.0 Å². The number of benzene rings is 1. The van der Waals surface area contributed by atoms with Crippen LogP contribution in [0.5, 0.6) is 0 Å². The Bertz CT molecular complexity index is 640. The molecule has 0 saturated heterocycles. The van der Waals surface area contributed by atoms with Crippen molar-refractivity contribution in [1.82, 2.24) is 9.55 Å². The van der Waals surface area contributed by atoms with Crippen LogP contribution in [0, 0.1) is 0 Å². The summed E-state index contributed by atoms with van der Waals surface area (Å²) in [6.45, 7) is 1.58. The quantitative estimate of drug-likeness (QED) is 0.781. The maximum Gasteiger partial charge on any atom is 0.0794 e. The van der Waals surface area contributed by atoms with Crippen LogP contribution in [0.1, 0.15) is 10.4 Å². The lowest BCUT2D eigenvalue weighted by atomic mass is 10.1. The summed E-state index contributed by atoms with van der Waals surface area (Å²) in [5.41, 5.74) is 10.1. The van der Waals surface area contributed by atoms with E-state index < -0.39 is 0 Å². The first-order chi connectivity index (χ1) is 8.86. The molecule has 4 heteroatoms. The minimum Gasteiger partial charge on any atom is -0.342 e. The third kappa shape index (κ3) is 2.17. The molecule has 0 aliphatic carbocycles. The number of aromatic nitrogens is 2. The van der Waals surface area contributed by atoms with E-state index in [1.54, 1.807) is 11.3 Å². The molecule has 0 amide bonds. The summed E-state index contributed by atoms with van der Waals surface area (Å²) in [6.07, 6.45) is 5.00. The van der Waals surface area contributed by atoms with Gasteiger partial charge in [-0.2, -0.15) is 0 Å². The van der Waals surface area contributed by atoms with E-state index in [9.17, 15) is 0 Å². The van der Waals surface area contributed by atoms with Gasteiger partial charge in [-0.05, 0) is 36.0 Å². The highest BCUT2D eigenvalue weighted by Crippen LogP contribution is 2.20. The molecule has 2 N–H and O–H groups in total. The van der Waals surface area contributed by atoms with Gasteiger partial charge in [0.15, 0.2) is 0 Å². The molecule has 92 valence electrons. The van der Waals surface area contributed by atoms with E-state index in [0.717, 1.165) is 13.0 Å². The lowest BCUT2D eigenvalue weighted by Gasteiger charge is -2.05. The molecule has 0 saturated carbocycles. The Morgan fingerprint density at radius 1 is 1.28 bits per heavy atom. The lowest BCUT2D eigenvalue weighted by Crippen LogP contribution is -2.03. The van der Waals surface area contributed by atoms with E-state index in [-0.39, 0.29) is 0 Å². The fourth-order valence-corrected chi connectivity index (χ4v) is 2.77. The van der Waals surface area contributed by atoms with Crippen molar-refractivity contribution < 1.29 is 0 Å². The van der Waals surface area contributed by atoms with Crippen LogP contribution in [-0.4, -0.2) is 16.1 Å². The van der Waals surface area contributed by atoms with E-state index >= 15 is 0 Å². The van der Waals surface area contributed by atoms with Crippen LogP contribution in [0.2, 0.25) is 0 Å². The average molecular weight is 257 g/mol. The fourth-order valence-electron chi connectivity index (χ4n) is 2.18. The molecule has 0 bridgehead atoms. The largest absolute Gasteiger partial charge is 0.342 e. The zero-order chi connectivity index (χ0) is 12.4. The molecule has 18 heavy (non-hydrogen) atoms. The highest BCUT2D eigenvalue weighted by molar-refractivity contribution is 7.09. The van der Waals surface area contributed by atoms with Gasteiger partial charge < -0.3 is 10.3 Å². The Morgan fingerprint density at radius 3 is 3.00 bits per heavy atom. The van der Waals surface area contributed by atoms with Gasteiger partial charge in [0.1, 0.15) is 0 Å². The van der Waals surface area contributed by atoms with Gasteiger partial charge >= 0.3 is 0 Å². The standard InChI is InChI=1S/C14H15N3S/c15-5-3-11-1-2-12-4-6-17(14(12)7-11)9-13-8-16-10-18-13/h1-2,4,6-8,10H,3,5,9,15H2. The molecule has 0 spiro atoms. The molecule has 0 atom stereocenters. The number of nitrogens with two attached hydrogens (primary N) is 1. The first-order valence-electron chi connectivity index (χ1n) is 6.02. The number of rotatable bonds is 4. The van der Waals surface area contributed by atoms with Crippen LogP contribution in [0.3, 0.4) is 0 Å². The average Bonchev–Trinajstić information content (AvgIpc) is 3.01. The van der Waals surface area contributed by atoms with Gasteiger partial charge in [0, 0.05) is 22.8 Å². The molecular weight excluding hydrogens is 242 g/mol. The van der Waals surface area contributed by atoms with E-state index in [4.69, 9.17) is 5.73 Å². The van der Waals surface area contributed by atoms with Crippen LogP contribution in [-0.2, 0) is 13.0 Å². The summed E-state index contributed by atoms with van der Waals surface area (Å²) >= 11 is 1.69. The van der Waals surface area contributed by atoms with Gasteiger partial charge in [0.25, 0.3) is 0 Å². The predicted octanol–water partition coefficient (Wildman–Crippen LogP) is 2.65. The van der Waals surface area contributed by atoms with Gasteiger partial charge in [-0.25, -0.2) is 0 Å². The van der Waals surface area contributed by atoms with Crippen LogP contribution in [0.4, 0.5) is 0 Å². The minimum atomic E-state index is 0.695. The van der Waals surface area contributed by atoms with Crippen LogP contribution >= 0.6 is 11.3 Å². The number of hydrogen-bond donors (Lipinski definition) is 1. The third-order valence-electron chi connectivity index (χ3n) is 3.08. The van der Waals surface area contributed by atoms with Crippen molar-refractivity contribution in [2.45, 2.75) is 13.0 Å². The predicted molar refractivity (Wildman–Crippen MR) is 75.9 cm³/mol. The zero-order valence-corrected chi connectivity index (χ0v) is 10.9. The van der Waals surface area contributed by atoms with Crippen molar-refractivity contribution in [2.24, 2.45) is 5.73 Å². The number of thiazole rings is 1. The second-order valence-corrected chi connectivity index (χ2v) is 5.31. The first kappa shape index (κ1) is 11.4. The molecule has 1 aromatic carbocycles. The summed E-state index contributed by atoms with van der Waals surface area (Å²) in [7, 11) is 0. The molecule has 3 aromatic rings. The summed E-state index contributed by atoms with van der Waals surface area (Å²) < 4.78 is 2.27. The van der Waals surface area contributed by atoms with Crippen molar-refractivity contribution in [1.29, 1.82) is 0 Å². The molecule has 0 radical (unpaired) electrons. The summed E-state index contributed by atoms with van der Waals surface area (Å²) in [5, 5.41) is 1.28. The molecule has 3 nitrogen and oxygen atoms in total. The summed E-state index contributed by atoms with van der Waals surface area (Å²) in [6, 6.07) is 8.72. The number of hydrogen-bond acceptors (Lipinski definition) is 3. The topological polar surface area (TPSA) is 43.8 Å². The van der Waals surface area contributed by atoms with E-state index in [0.29, 0.717) is 6.54 Å². The molecule has 3 rings (SSSR count). The Labute approximate surface area is 110 Å². The van der Waals surface area contributed by atoms with E-state index in [1.807, 2.05) is 11.7 Å². The molecular formula is C14H15N3S. The SMILES string of the molecule is NCCc1ccc2ccn(Cc3cncs3)c2c1. The summed E-state index contributed by atoms with van der Waals surface area (Å²) in [5.74, 6) is 0. The third-order valence-corrected chi connectivity index (χ3v) is 3.85. The van der Waals surface area contributed by atoms with Gasteiger partial charge in [0.2, 0.25) is 0 Å². The number of nitrogens with zero attached hydrogens (tertiary/aromatic N) is 2. The van der Waals surface area contributed by atoms with Crippen molar-refractivity contribution in [3.63, 3.8) is 0 Å². The fraction of sp³-hybridized carbons (Fsp3) is 0.214. The Hall–Kier alpha value is -1.65. The maximum absolute atomic E-state index is 5.61. The first-order valence-corrected chi connectivity index (χ1v) is 6.90. The smallest absolute Gasteiger partial charge is 0.0794 e. The highest BCUT2D eigenvalue weighted by atomic mass is 32.1. The molecule has 0 aliphatic heterocycles. The van der Waals surface area contributed by atoms with Crippen molar-refractivity contribution in [3.8, 4) is 0 Å². The monoisotopic (exact) mass is 257 g/mol. The minimum absolute atomic E-state index is 0.695. The molecule has 2 aromatic heterocycles. The normalized spacial score (nSPS) is 11.2. The molecule has 0 unspecified atom stereocenters. The van der Waals surface area contributed by atoms with Crippen molar-refractivity contribution in [2.75, 3.05) is 6.54 Å². The van der Waals surface area contributed by atoms with Crippen molar-refractivity contribution in [3.05, 3.63) is 52.6 Å². The van der Waals surface area contributed by atoms with Crippen molar-refractivity contribution >= 4 is 22.2 Å². The molecule has 2 heterocycles. The second-order valence-electron chi connectivity index (χ2n) is 4.34. The Kier molecular flexibility index (Phi) is 3.13. The van der Waals surface area contributed by atoms with Gasteiger partial charge in [-0.1, -0.05) is 12.1 Å². The van der Waals surface area contributed by atoms with E-state index in [1.165, 1.54) is 21.3 Å². The maximum atomic E-state index is 5.61. The lowest BCUT2D eigenvalue weighted by molar-refractivity contribution is 0.847. The van der Waals surface area contributed by atoms with Crippen LogP contribution in [0.25, 0.3) is 10.9 Å². The number of fused-ring (bicyclic) bond motifs is 1. The zero-order valence-electron chi connectivity index (χ0n) is 10.0. The highest BCUT2D eigenvalue weighted by Gasteiger charge is 2.04. The second kappa shape index (κ2) is 4.92. The van der Waals surface area contributed by atoms with Gasteiger partial charge in [-0.15, -0.1) is 11.3 Å². The Balaban J connectivity index is 1.98. The van der Waals surface area contributed by atoms with Gasteiger partial charge in [-0.3, -0.25) is 4.98 Å². The Morgan fingerprint density at radius 2 is 2.22 bits per heavy atom. The molecule has 0 fully saturated rings. The van der Waals surface area contributed by atoms with Crippen LogP contribution < -0.4 is 5.73 Å².